The van der Waals surface area contributed by atoms with E-state index in [1.807, 2.05) is 54.3 Å². The molecule has 12 heteroatoms. The Morgan fingerprint density at radius 2 is 1.83 bits per heavy atom. The van der Waals surface area contributed by atoms with Gasteiger partial charge in [-0.15, -0.1) is 0 Å². The summed E-state index contributed by atoms with van der Waals surface area (Å²) in [7, 11) is 1.61. The normalized spacial score (nSPS) is 15.9. The number of amides is 2. The van der Waals surface area contributed by atoms with Gasteiger partial charge in [0.25, 0.3) is 0 Å². The molecule has 42 heavy (non-hydrogen) atoms. The monoisotopic (exact) mass is 569 g/mol. The van der Waals surface area contributed by atoms with Crippen LogP contribution in [0.5, 0.6) is 17.2 Å². The van der Waals surface area contributed by atoms with E-state index in [1.54, 1.807) is 41.4 Å². The summed E-state index contributed by atoms with van der Waals surface area (Å²) in [6.45, 7) is 3.52. The molecule has 0 aliphatic carbocycles. The summed E-state index contributed by atoms with van der Waals surface area (Å²) in [5.41, 5.74) is 2.50. The number of piperazine rings is 1. The molecular weight excluding hydrogens is 538 g/mol. The van der Waals surface area contributed by atoms with Crippen LogP contribution in [0.4, 0.5) is 5.82 Å². The highest BCUT2D eigenvalue weighted by Crippen LogP contribution is 2.33. The van der Waals surface area contributed by atoms with Crippen molar-refractivity contribution in [1.29, 1.82) is 0 Å². The van der Waals surface area contributed by atoms with Crippen molar-refractivity contribution in [2.45, 2.75) is 25.9 Å². The van der Waals surface area contributed by atoms with Crippen LogP contribution in [0.1, 0.15) is 16.8 Å². The maximum atomic E-state index is 13.7. The second-order valence-electron chi connectivity index (χ2n) is 10.1. The minimum atomic E-state index is -0.731. The molecular formula is C30H31N7O5. The van der Waals surface area contributed by atoms with Gasteiger partial charge in [-0.3, -0.25) is 14.2 Å². The van der Waals surface area contributed by atoms with Gasteiger partial charge in [0.2, 0.25) is 24.6 Å². The van der Waals surface area contributed by atoms with Gasteiger partial charge in [-0.25, -0.2) is 9.97 Å². The highest BCUT2D eigenvalue weighted by Gasteiger charge is 2.36. The van der Waals surface area contributed by atoms with E-state index < -0.39 is 6.04 Å². The summed E-state index contributed by atoms with van der Waals surface area (Å²) in [6, 6.07) is 14.1. The summed E-state index contributed by atoms with van der Waals surface area (Å²) in [4.78, 5) is 44.4. The van der Waals surface area contributed by atoms with Gasteiger partial charge in [-0.2, -0.15) is 4.98 Å². The van der Waals surface area contributed by atoms with E-state index in [9.17, 15) is 9.59 Å². The van der Waals surface area contributed by atoms with Crippen molar-refractivity contribution in [1.82, 2.24) is 29.7 Å². The van der Waals surface area contributed by atoms with Gasteiger partial charge < -0.3 is 29.3 Å². The fraction of sp³-hybridized carbons (Fsp3) is 0.300. The van der Waals surface area contributed by atoms with Gasteiger partial charge in [-0.05, 0) is 42.3 Å². The van der Waals surface area contributed by atoms with Gasteiger partial charge in [0.1, 0.15) is 23.9 Å². The largest absolute Gasteiger partial charge is 0.497 e. The second-order valence-corrected chi connectivity index (χ2v) is 10.1. The van der Waals surface area contributed by atoms with E-state index in [0.29, 0.717) is 42.9 Å². The molecule has 6 rings (SSSR count). The Labute approximate surface area is 242 Å². The van der Waals surface area contributed by atoms with E-state index in [0.717, 1.165) is 22.6 Å². The molecule has 0 bridgehead atoms. The number of carbonyl (C=O) groups excluding carboxylic acids is 2. The standard InChI is InChI=1S/C30H31N7O5/c1-20-13-27(34-30(33-20)36-10-9-31-18-36)35-11-12-37(28(38)15-22-5-8-25-26(14-22)42-19-41-25)24(17-35)29(39)32-16-21-3-6-23(40-2)7-4-21/h3-10,13-14,18,24H,11-12,15-17,19H2,1-2H3,(H,32,39). The SMILES string of the molecule is COc1ccc(CNC(=O)C2CN(c3cc(C)nc(-n4ccnc4)n3)CCN2C(=O)Cc2ccc3c(c2)OCO3)cc1. The lowest BCUT2D eigenvalue weighted by atomic mass is 10.1. The zero-order valence-electron chi connectivity index (χ0n) is 23.4. The Hall–Kier alpha value is -5.13. The molecule has 1 atom stereocenters. The molecule has 1 unspecified atom stereocenters. The first kappa shape index (κ1) is 27.1. The van der Waals surface area contributed by atoms with Crippen LogP contribution in [0, 0.1) is 6.92 Å². The van der Waals surface area contributed by atoms with Crippen molar-refractivity contribution in [3.63, 3.8) is 0 Å². The Balaban J connectivity index is 1.22. The lowest BCUT2D eigenvalue weighted by Crippen LogP contribution is -2.61. The third-order valence-electron chi connectivity index (χ3n) is 7.31. The molecule has 2 aromatic heterocycles. The number of benzene rings is 2. The van der Waals surface area contributed by atoms with E-state index in [4.69, 9.17) is 19.2 Å². The third-order valence-corrected chi connectivity index (χ3v) is 7.31. The van der Waals surface area contributed by atoms with Crippen molar-refractivity contribution in [2.75, 3.05) is 38.4 Å². The molecule has 2 aromatic carbocycles. The van der Waals surface area contributed by atoms with E-state index >= 15 is 0 Å². The number of ether oxygens (including phenoxy) is 3. The van der Waals surface area contributed by atoms with Crippen molar-refractivity contribution >= 4 is 17.6 Å². The molecule has 2 amide bonds. The molecule has 1 fully saturated rings. The molecule has 216 valence electrons. The fourth-order valence-electron chi connectivity index (χ4n) is 5.08. The number of nitrogens with zero attached hydrogens (tertiary/aromatic N) is 6. The van der Waals surface area contributed by atoms with Crippen molar-refractivity contribution < 1.29 is 23.8 Å². The number of hydrogen-bond acceptors (Lipinski definition) is 9. The minimum Gasteiger partial charge on any atom is -0.497 e. The van der Waals surface area contributed by atoms with Crippen LogP contribution < -0.4 is 24.4 Å². The first-order chi connectivity index (χ1) is 20.5. The number of hydrogen-bond donors (Lipinski definition) is 1. The Morgan fingerprint density at radius 1 is 1.02 bits per heavy atom. The number of methoxy groups -OCH3 is 1. The lowest BCUT2D eigenvalue weighted by molar-refractivity contribution is -0.140. The predicted molar refractivity (Wildman–Crippen MR) is 153 cm³/mol. The van der Waals surface area contributed by atoms with Crippen LogP contribution in [0.25, 0.3) is 5.95 Å². The zero-order chi connectivity index (χ0) is 29.1. The zero-order valence-corrected chi connectivity index (χ0v) is 23.4. The van der Waals surface area contributed by atoms with Crippen LogP contribution in [0.3, 0.4) is 0 Å². The minimum absolute atomic E-state index is 0.135. The van der Waals surface area contributed by atoms with Gasteiger partial charge in [0.05, 0.1) is 13.5 Å². The maximum Gasteiger partial charge on any atom is 0.244 e. The van der Waals surface area contributed by atoms with E-state index in [1.165, 1.54) is 0 Å². The molecule has 4 aromatic rings. The highest BCUT2D eigenvalue weighted by molar-refractivity contribution is 5.89. The molecule has 2 aliphatic rings. The van der Waals surface area contributed by atoms with Crippen molar-refractivity contribution in [3.8, 4) is 23.2 Å². The lowest BCUT2D eigenvalue weighted by Gasteiger charge is -2.41. The quantitative estimate of drug-likeness (QED) is 0.340. The number of carbonyl (C=O) groups is 2. The number of rotatable bonds is 8. The van der Waals surface area contributed by atoms with Gasteiger partial charge in [-0.1, -0.05) is 18.2 Å². The van der Waals surface area contributed by atoms with Crippen LogP contribution in [-0.2, 0) is 22.6 Å². The fourth-order valence-corrected chi connectivity index (χ4v) is 5.08. The summed E-state index contributed by atoms with van der Waals surface area (Å²) in [6.07, 6.45) is 5.22. The van der Waals surface area contributed by atoms with Crippen LogP contribution >= 0.6 is 0 Å². The first-order valence-electron chi connectivity index (χ1n) is 13.6. The Morgan fingerprint density at radius 3 is 2.62 bits per heavy atom. The number of aryl methyl sites for hydroxylation is 1. The number of aromatic nitrogens is 4. The van der Waals surface area contributed by atoms with Gasteiger partial charge >= 0.3 is 0 Å². The van der Waals surface area contributed by atoms with Gasteiger partial charge in [0.15, 0.2) is 11.5 Å². The molecule has 2 aliphatic heterocycles. The summed E-state index contributed by atoms with van der Waals surface area (Å²) in [5.74, 6) is 2.80. The number of fused-ring (bicyclic) bond motifs is 1. The molecule has 0 saturated carbocycles. The first-order valence-corrected chi connectivity index (χ1v) is 13.6. The van der Waals surface area contributed by atoms with Crippen LogP contribution in [-0.4, -0.2) is 75.8 Å². The highest BCUT2D eigenvalue weighted by atomic mass is 16.7. The van der Waals surface area contributed by atoms with Crippen molar-refractivity contribution in [3.05, 3.63) is 84.1 Å². The smallest absolute Gasteiger partial charge is 0.244 e. The molecule has 1 N–H and O–H groups in total. The second kappa shape index (κ2) is 11.8. The van der Waals surface area contributed by atoms with Crippen molar-refractivity contribution in [2.24, 2.45) is 0 Å². The summed E-state index contributed by atoms with van der Waals surface area (Å²) >= 11 is 0. The van der Waals surface area contributed by atoms with Crippen LogP contribution in [0.2, 0.25) is 0 Å². The number of anilines is 1. The van der Waals surface area contributed by atoms with E-state index in [-0.39, 0.29) is 31.6 Å². The molecule has 4 heterocycles. The molecule has 12 nitrogen and oxygen atoms in total. The maximum absolute atomic E-state index is 13.7. The molecule has 1 saturated heterocycles. The average Bonchev–Trinajstić information content (AvgIpc) is 3.72. The summed E-state index contributed by atoms with van der Waals surface area (Å²) < 4.78 is 17.8. The predicted octanol–water partition coefficient (Wildman–Crippen LogP) is 2.28. The molecule has 0 spiro atoms. The Bertz CT molecular complexity index is 1580. The van der Waals surface area contributed by atoms with E-state index in [2.05, 4.69) is 15.3 Å². The van der Waals surface area contributed by atoms with Crippen LogP contribution in [0.15, 0.2) is 67.3 Å². The number of nitrogens with one attached hydrogen (secondary N) is 1. The Kier molecular flexibility index (Phi) is 7.58. The number of imidazole rings is 1. The summed E-state index contributed by atoms with van der Waals surface area (Å²) in [5, 5.41) is 3.02. The molecule has 0 radical (unpaired) electrons. The van der Waals surface area contributed by atoms with Gasteiger partial charge in [0, 0.05) is 50.3 Å². The average molecular weight is 570 g/mol. The topological polar surface area (TPSA) is 124 Å². The third kappa shape index (κ3) is 5.82.